The molecular formula is C24H16F3N5OS. The van der Waals surface area contributed by atoms with E-state index in [4.69, 9.17) is 0 Å². The molecule has 0 aliphatic heterocycles. The van der Waals surface area contributed by atoms with Gasteiger partial charge >= 0.3 is 6.18 Å². The van der Waals surface area contributed by atoms with Gasteiger partial charge in [0.2, 0.25) is 0 Å². The number of carbonyl (C=O) groups is 1. The molecule has 5 aromatic rings. The van der Waals surface area contributed by atoms with E-state index in [-0.39, 0.29) is 11.6 Å². The normalized spacial score (nSPS) is 11.6. The molecule has 3 heterocycles. The zero-order chi connectivity index (χ0) is 23.9. The smallest absolute Gasteiger partial charge is 0.296 e. The highest BCUT2D eigenvalue weighted by molar-refractivity contribution is 7.14. The van der Waals surface area contributed by atoms with Gasteiger partial charge in [-0.3, -0.25) is 14.1 Å². The van der Waals surface area contributed by atoms with Gasteiger partial charge < -0.3 is 0 Å². The van der Waals surface area contributed by atoms with Crippen molar-refractivity contribution in [1.82, 2.24) is 19.4 Å². The number of benzene rings is 2. The van der Waals surface area contributed by atoms with Gasteiger partial charge in [0.05, 0.1) is 29.3 Å². The fraction of sp³-hybridized carbons (Fsp3) is 0.0833. The number of carbonyl (C=O) groups excluding carboxylic acids is 1. The number of hydrogen-bond donors (Lipinski definition) is 0. The van der Waals surface area contributed by atoms with Gasteiger partial charge in [-0.15, -0.1) is 11.3 Å². The number of nitrogens with zero attached hydrogens (tertiary/aromatic N) is 5. The van der Waals surface area contributed by atoms with Crippen LogP contribution in [0.2, 0.25) is 0 Å². The fourth-order valence-corrected chi connectivity index (χ4v) is 4.26. The molecule has 0 bridgehead atoms. The van der Waals surface area contributed by atoms with Crippen LogP contribution in [0, 0.1) is 0 Å². The molecule has 0 saturated heterocycles. The molecule has 170 valence electrons. The Morgan fingerprint density at radius 1 is 0.971 bits per heavy atom. The topological polar surface area (TPSA) is 63.4 Å². The monoisotopic (exact) mass is 479 g/mol. The molecule has 0 unspecified atom stereocenters. The maximum Gasteiger partial charge on any atom is 0.416 e. The maximum absolute atomic E-state index is 13.1. The number of alkyl halides is 3. The van der Waals surface area contributed by atoms with Crippen LogP contribution >= 0.6 is 11.3 Å². The van der Waals surface area contributed by atoms with Crippen molar-refractivity contribution in [2.75, 3.05) is 11.9 Å². The second-order valence-electron chi connectivity index (χ2n) is 7.46. The van der Waals surface area contributed by atoms with E-state index < -0.39 is 11.7 Å². The van der Waals surface area contributed by atoms with Crippen LogP contribution in [0.25, 0.3) is 28.2 Å². The molecule has 2 aromatic carbocycles. The standard InChI is InChI=1S/C24H16F3N5OS/c1-31(23-30-19(14-34-23)15-5-3-2-4-6-15)22(33)18-13-32-20(11-29-21(32)12-28-18)16-7-9-17(10-8-16)24(25,26)27/h2-14H,1H3. The third-order valence-corrected chi connectivity index (χ3v) is 6.19. The number of thiazole rings is 1. The number of hydrogen-bond acceptors (Lipinski definition) is 5. The van der Waals surface area contributed by atoms with Crippen molar-refractivity contribution in [2.45, 2.75) is 6.18 Å². The minimum Gasteiger partial charge on any atom is -0.296 e. The summed E-state index contributed by atoms with van der Waals surface area (Å²) in [4.78, 5) is 27.6. The first-order valence-electron chi connectivity index (χ1n) is 10.1. The van der Waals surface area contributed by atoms with Crippen LogP contribution in [0.15, 0.2) is 78.6 Å². The lowest BCUT2D eigenvalue weighted by Gasteiger charge is -2.13. The summed E-state index contributed by atoms with van der Waals surface area (Å²) in [6.07, 6.45) is 0.0959. The van der Waals surface area contributed by atoms with E-state index >= 15 is 0 Å². The van der Waals surface area contributed by atoms with Crippen molar-refractivity contribution < 1.29 is 18.0 Å². The van der Waals surface area contributed by atoms with Crippen LogP contribution < -0.4 is 4.90 Å². The first kappa shape index (κ1) is 21.8. The van der Waals surface area contributed by atoms with Crippen LogP contribution in [0.1, 0.15) is 16.1 Å². The second kappa shape index (κ2) is 8.38. The number of rotatable bonds is 4. The third kappa shape index (κ3) is 4.03. The average Bonchev–Trinajstić information content (AvgIpc) is 3.50. The van der Waals surface area contributed by atoms with Crippen LogP contribution in [-0.4, -0.2) is 32.3 Å². The number of anilines is 1. The summed E-state index contributed by atoms with van der Waals surface area (Å²) in [5, 5.41) is 2.39. The summed E-state index contributed by atoms with van der Waals surface area (Å²) >= 11 is 1.34. The van der Waals surface area contributed by atoms with E-state index in [1.165, 1.54) is 47.0 Å². The zero-order valence-electron chi connectivity index (χ0n) is 17.7. The van der Waals surface area contributed by atoms with Crippen LogP contribution in [0.3, 0.4) is 0 Å². The molecule has 0 aliphatic carbocycles. The molecule has 34 heavy (non-hydrogen) atoms. The molecular weight excluding hydrogens is 463 g/mol. The van der Waals surface area contributed by atoms with E-state index in [9.17, 15) is 18.0 Å². The highest BCUT2D eigenvalue weighted by Crippen LogP contribution is 2.31. The Morgan fingerprint density at radius 2 is 1.71 bits per heavy atom. The Morgan fingerprint density at radius 3 is 2.41 bits per heavy atom. The van der Waals surface area contributed by atoms with Gasteiger partial charge in [-0.1, -0.05) is 42.5 Å². The van der Waals surface area contributed by atoms with Crippen molar-refractivity contribution in [2.24, 2.45) is 0 Å². The molecule has 6 nitrogen and oxygen atoms in total. The van der Waals surface area contributed by atoms with Crippen LogP contribution in [-0.2, 0) is 6.18 Å². The molecule has 10 heteroatoms. The van der Waals surface area contributed by atoms with Crippen molar-refractivity contribution >= 4 is 28.0 Å². The molecule has 0 spiro atoms. The Kier molecular flexibility index (Phi) is 5.37. The fourth-order valence-electron chi connectivity index (χ4n) is 3.46. The van der Waals surface area contributed by atoms with Crippen LogP contribution in [0.5, 0.6) is 0 Å². The Bertz CT molecular complexity index is 1480. The predicted molar refractivity (Wildman–Crippen MR) is 124 cm³/mol. The first-order chi connectivity index (χ1) is 16.3. The molecule has 0 aliphatic rings. The number of halogens is 3. The molecule has 0 radical (unpaired) electrons. The Hall–Kier alpha value is -4.05. The third-order valence-electron chi connectivity index (χ3n) is 5.28. The van der Waals surface area contributed by atoms with Gasteiger partial charge in [0.25, 0.3) is 5.91 Å². The maximum atomic E-state index is 13.1. The van der Waals surface area contributed by atoms with E-state index in [2.05, 4.69) is 15.0 Å². The summed E-state index contributed by atoms with van der Waals surface area (Å²) in [7, 11) is 1.62. The van der Waals surface area contributed by atoms with E-state index in [1.807, 2.05) is 35.7 Å². The minimum atomic E-state index is -4.41. The molecule has 0 atom stereocenters. The lowest BCUT2D eigenvalue weighted by Crippen LogP contribution is -2.27. The van der Waals surface area contributed by atoms with Gasteiger partial charge in [0.1, 0.15) is 5.69 Å². The van der Waals surface area contributed by atoms with Gasteiger partial charge in [-0.05, 0) is 12.1 Å². The predicted octanol–water partition coefficient (Wildman–Crippen LogP) is 5.82. The Balaban J connectivity index is 1.44. The quantitative estimate of drug-likeness (QED) is 0.326. The minimum absolute atomic E-state index is 0.151. The van der Waals surface area contributed by atoms with Gasteiger partial charge in [0.15, 0.2) is 10.8 Å². The van der Waals surface area contributed by atoms with Crippen molar-refractivity contribution in [1.29, 1.82) is 0 Å². The number of amides is 1. The highest BCUT2D eigenvalue weighted by atomic mass is 32.1. The first-order valence-corrected chi connectivity index (χ1v) is 11.0. The molecule has 5 rings (SSSR count). The largest absolute Gasteiger partial charge is 0.416 e. The highest BCUT2D eigenvalue weighted by Gasteiger charge is 2.30. The molecule has 3 aromatic heterocycles. The average molecular weight is 479 g/mol. The summed E-state index contributed by atoms with van der Waals surface area (Å²) in [6.45, 7) is 0. The molecule has 0 N–H and O–H groups in total. The summed E-state index contributed by atoms with van der Waals surface area (Å²) in [5.41, 5.74) is 2.68. The summed E-state index contributed by atoms with van der Waals surface area (Å²) in [6, 6.07) is 14.4. The van der Waals surface area contributed by atoms with Crippen molar-refractivity contribution in [3.8, 4) is 22.5 Å². The van der Waals surface area contributed by atoms with Crippen molar-refractivity contribution in [3.63, 3.8) is 0 Å². The van der Waals surface area contributed by atoms with E-state index in [0.29, 0.717) is 22.0 Å². The Labute approximate surface area is 196 Å². The lowest BCUT2D eigenvalue weighted by molar-refractivity contribution is -0.137. The molecule has 0 fully saturated rings. The molecule has 1 amide bonds. The summed E-state index contributed by atoms with van der Waals surface area (Å²) in [5.74, 6) is -0.372. The van der Waals surface area contributed by atoms with Gasteiger partial charge in [-0.25, -0.2) is 15.0 Å². The van der Waals surface area contributed by atoms with Gasteiger partial charge in [-0.2, -0.15) is 13.2 Å². The van der Waals surface area contributed by atoms with Gasteiger partial charge in [0, 0.05) is 29.8 Å². The van der Waals surface area contributed by atoms with E-state index in [1.54, 1.807) is 11.4 Å². The number of imidazole rings is 1. The van der Waals surface area contributed by atoms with Crippen LogP contribution in [0.4, 0.5) is 18.3 Å². The number of aromatic nitrogens is 4. The van der Waals surface area contributed by atoms with E-state index in [0.717, 1.165) is 23.4 Å². The molecule has 0 saturated carbocycles. The zero-order valence-corrected chi connectivity index (χ0v) is 18.5. The SMILES string of the molecule is CN(C(=O)c1cn2c(-c3ccc(C(F)(F)F)cc3)cnc2cn1)c1nc(-c2ccccc2)cs1. The summed E-state index contributed by atoms with van der Waals surface area (Å²) < 4.78 is 40.3. The second-order valence-corrected chi connectivity index (χ2v) is 8.30. The lowest BCUT2D eigenvalue weighted by atomic mass is 10.1. The number of fused-ring (bicyclic) bond motifs is 1. The van der Waals surface area contributed by atoms with Crippen molar-refractivity contribution in [3.05, 3.63) is 89.8 Å².